The molecule has 1 N–H and O–H groups in total. The van der Waals surface area contributed by atoms with Crippen molar-refractivity contribution >= 4 is 5.96 Å². The molecular weight excluding hydrogens is 336 g/mol. The smallest absolute Gasteiger partial charge is 0.193 e. The lowest BCUT2D eigenvalue weighted by Crippen LogP contribution is -2.53. The number of benzene rings is 1. The minimum atomic E-state index is 0.742. The molecule has 2 aliphatic heterocycles. The first-order chi connectivity index (χ1) is 13.3. The number of hydrogen-bond acceptors (Lipinski definition) is 3. The Bertz CT molecular complexity index is 691. The second-order valence-electron chi connectivity index (χ2n) is 8.70. The van der Waals surface area contributed by atoms with Gasteiger partial charge in [0.25, 0.3) is 0 Å². The molecule has 5 heteroatoms. The number of piperazine rings is 1. The highest BCUT2D eigenvalue weighted by Gasteiger charge is 2.55. The summed E-state index contributed by atoms with van der Waals surface area (Å²) >= 11 is 0. The van der Waals surface area contributed by atoms with E-state index in [0.717, 1.165) is 75.6 Å². The average molecular weight is 369 g/mol. The van der Waals surface area contributed by atoms with Gasteiger partial charge in [0, 0.05) is 52.9 Å². The van der Waals surface area contributed by atoms with E-state index in [-0.39, 0.29) is 0 Å². The number of hydrogen-bond donors (Lipinski definition) is 1. The normalized spacial score (nSPS) is 33.1. The summed E-state index contributed by atoms with van der Waals surface area (Å²) in [6.45, 7) is 8.60. The predicted molar refractivity (Wildman–Crippen MR) is 108 cm³/mol. The van der Waals surface area contributed by atoms with Gasteiger partial charge in [-0.1, -0.05) is 24.3 Å². The first-order valence-electron chi connectivity index (χ1n) is 10.7. The van der Waals surface area contributed by atoms with Crippen LogP contribution < -0.4 is 5.32 Å². The molecule has 1 aromatic carbocycles. The number of nitrogens with zero attached hydrogens (tertiary/aromatic N) is 3. The molecule has 2 aliphatic carbocycles. The summed E-state index contributed by atoms with van der Waals surface area (Å²) in [7, 11) is 1.92. The van der Waals surface area contributed by atoms with Gasteiger partial charge >= 0.3 is 0 Å². The van der Waals surface area contributed by atoms with E-state index < -0.39 is 0 Å². The van der Waals surface area contributed by atoms with Crippen LogP contribution in [0.4, 0.5) is 0 Å². The van der Waals surface area contributed by atoms with E-state index in [2.05, 4.69) is 44.4 Å². The van der Waals surface area contributed by atoms with E-state index in [1.807, 2.05) is 7.05 Å². The third kappa shape index (κ3) is 3.47. The molecular formula is C22H32N4O. The molecule has 0 aromatic heterocycles. The van der Waals surface area contributed by atoms with Crippen LogP contribution in [-0.2, 0) is 11.2 Å². The summed E-state index contributed by atoms with van der Waals surface area (Å²) in [5.74, 6) is 4.28. The van der Waals surface area contributed by atoms with Gasteiger partial charge in [-0.3, -0.25) is 9.89 Å². The van der Waals surface area contributed by atoms with Crippen molar-refractivity contribution in [3.63, 3.8) is 0 Å². The standard InChI is InChI=1S/C22H32N4O/c1-23-22(26-9-7-25(8-10-26)14-16-6-11-27-15-16)24-13-20-19-12-17-4-2-3-5-18(17)21(19)20/h2-5,16,19-21H,6-15H2,1H3,(H,23,24). The summed E-state index contributed by atoms with van der Waals surface area (Å²) < 4.78 is 5.52. The minimum Gasteiger partial charge on any atom is -0.381 e. The molecule has 1 aromatic rings. The van der Waals surface area contributed by atoms with E-state index >= 15 is 0 Å². The van der Waals surface area contributed by atoms with Crippen LogP contribution in [0.25, 0.3) is 0 Å². The Kier molecular flexibility index (Phi) is 4.82. The van der Waals surface area contributed by atoms with Crippen LogP contribution in [0.15, 0.2) is 29.3 Å². The number of ether oxygens (including phenoxy) is 1. The molecule has 0 amide bonds. The molecule has 0 spiro atoms. The summed E-state index contributed by atoms with van der Waals surface area (Å²) in [5, 5.41) is 3.69. The molecule has 4 unspecified atom stereocenters. The van der Waals surface area contributed by atoms with Gasteiger partial charge in [-0.05, 0) is 47.6 Å². The van der Waals surface area contributed by atoms with Gasteiger partial charge in [0.2, 0.25) is 0 Å². The third-order valence-electron chi connectivity index (χ3n) is 7.12. The van der Waals surface area contributed by atoms with Crippen molar-refractivity contribution in [1.29, 1.82) is 0 Å². The van der Waals surface area contributed by atoms with Gasteiger partial charge in [0.15, 0.2) is 5.96 Å². The van der Waals surface area contributed by atoms with Crippen molar-refractivity contribution in [2.24, 2.45) is 22.7 Å². The van der Waals surface area contributed by atoms with Crippen molar-refractivity contribution in [3.8, 4) is 0 Å². The Morgan fingerprint density at radius 2 is 2.07 bits per heavy atom. The third-order valence-corrected chi connectivity index (χ3v) is 7.12. The highest BCUT2D eigenvalue weighted by atomic mass is 16.5. The molecule has 3 fully saturated rings. The lowest BCUT2D eigenvalue weighted by molar-refractivity contribution is 0.139. The number of aliphatic imine (C=N–C) groups is 1. The number of fused-ring (bicyclic) bond motifs is 3. The molecule has 4 aliphatic rings. The maximum absolute atomic E-state index is 5.52. The van der Waals surface area contributed by atoms with Gasteiger partial charge in [-0.2, -0.15) is 0 Å². The van der Waals surface area contributed by atoms with Gasteiger partial charge < -0.3 is 15.0 Å². The lowest BCUT2D eigenvalue weighted by Gasteiger charge is -2.37. The molecule has 2 heterocycles. The van der Waals surface area contributed by atoms with Crippen LogP contribution in [0.2, 0.25) is 0 Å². The van der Waals surface area contributed by atoms with Crippen molar-refractivity contribution in [1.82, 2.24) is 15.1 Å². The van der Waals surface area contributed by atoms with Crippen LogP contribution in [0.1, 0.15) is 23.5 Å². The van der Waals surface area contributed by atoms with E-state index in [1.54, 1.807) is 11.1 Å². The van der Waals surface area contributed by atoms with Crippen LogP contribution in [-0.4, -0.2) is 75.3 Å². The topological polar surface area (TPSA) is 40.1 Å². The molecule has 1 saturated carbocycles. The highest BCUT2D eigenvalue weighted by Crippen LogP contribution is 2.60. The Balaban J connectivity index is 1.09. The number of rotatable bonds is 4. The monoisotopic (exact) mass is 368 g/mol. The van der Waals surface area contributed by atoms with Gasteiger partial charge in [-0.25, -0.2) is 0 Å². The van der Waals surface area contributed by atoms with Crippen molar-refractivity contribution in [2.75, 3.05) is 59.5 Å². The predicted octanol–water partition coefficient (Wildman–Crippen LogP) is 1.80. The second kappa shape index (κ2) is 7.44. The van der Waals surface area contributed by atoms with Crippen LogP contribution in [0.5, 0.6) is 0 Å². The minimum absolute atomic E-state index is 0.742. The van der Waals surface area contributed by atoms with Crippen molar-refractivity contribution < 1.29 is 4.74 Å². The van der Waals surface area contributed by atoms with E-state index in [0.29, 0.717) is 0 Å². The highest BCUT2D eigenvalue weighted by molar-refractivity contribution is 5.80. The van der Waals surface area contributed by atoms with Crippen LogP contribution in [0, 0.1) is 17.8 Å². The molecule has 146 valence electrons. The SMILES string of the molecule is CN=C(NCC1C2Cc3ccccc3C12)N1CCN(CC2CCOC2)CC1. The maximum atomic E-state index is 5.52. The Labute approximate surface area is 162 Å². The molecule has 0 radical (unpaired) electrons. The van der Waals surface area contributed by atoms with Crippen molar-refractivity contribution in [3.05, 3.63) is 35.4 Å². The molecule has 2 saturated heterocycles. The summed E-state index contributed by atoms with van der Waals surface area (Å²) in [5.41, 5.74) is 3.19. The zero-order chi connectivity index (χ0) is 18.2. The summed E-state index contributed by atoms with van der Waals surface area (Å²) in [6.07, 6.45) is 2.51. The van der Waals surface area contributed by atoms with Gasteiger partial charge in [-0.15, -0.1) is 0 Å². The van der Waals surface area contributed by atoms with E-state index in [9.17, 15) is 0 Å². The Morgan fingerprint density at radius 1 is 1.22 bits per heavy atom. The fourth-order valence-electron chi connectivity index (χ4n) is 5.54. The van der Waals surface area contributed by atoms with Gasteiger partial charge in [0.1, 0.15) is 0 Å². The first kappa shape index (κ1) is 17.5. The second-order valence-corrected chi connectivity index (χ2v) is 8.70. The van der Waals surface area contributed by atoms with E-state index in [4.69, 9.17) is 4.74 Å². The maximum Gasteiger partial charge on any atom is 0.193 e. The molecule has 4 atom stereocenters. The summed E-state index contributed by atoms with van der Waals surface area (Å²) in [6, 6.07) is 9.02. The summed E-state index contributed by atoms with van der Waals surface area (Å²) in [4.78, 5) is 9.61. The fourth-order valence-corrected chi connectivity index (χ4v) is 5.54. The molecule has 5 nitrogen and oxygen atoms in total. The Hall–Kier alpha value is -1.59. The van der Waals surface area contributed by atoms with Crippen LogP contribution >= 0.6 is 0 Å². The fraction of sp³-hybridized carbons (Fsp3) is 0.682. The quantitative estimate of drug-likeness (QED) is 0.650. The molecule has 0 bridgehead atoms. The first-order valence-corrected chi connectivity index (χ1v) is 10.7. The lowest BCUT2D eigenvalue weighted by atomic mass is 10.0. The Morgan fingerprint density at radius 3 is 2.85 bits per heavy atom. The van der Waals surface area contributed by atoms with E-state index in [1.165, 1.54) is 19.4 Å². The molecule has 27 heavy (non-hydrogen) atoms. The number of nitrogens with one attached hydrogen (secondary N) is 1. The zero-order valence-electron chi connectivity index (χ0n) is 16.4. The zero-order valence-corrected chi connectivity index (χ0v) is 16.4. The average Bonchev–Trinajstić information content (AvgIpc) is 3.03. The van der Waals surface area contributed by atoms with Crippen molar-refractivity contribution in [2.45, 2.75) is 18.8 Å². The number of guanidine groups is 1. The molecule has 5 rings (SSSR count). The largest absolute Gasteiger partial charge is 0.381 e. The van der Waals surface area contributed by atoms with Crippen LogP contribution in [0.3, 0.4) is 0 Å². The van der Waals surface area contributed by atoms with Gasteiger partial charge in [0.05, 0.1) is 6.61 Å².